The highest BCUT2D eigenvalue weighted by molar-refractivity contribution is 5.88. The minimum atomic E-state index is 0.0400. The van der Waals surface area contributed by atoms with E-state index in [2.05, 4.69) is 21.4 Å². The van der Waals surface area contributed by atoms with E-state index in [1.807, 2.05) is 39.2 Å². The summed E-state index contributed by atoms with van der Waals surface area (Å²) in [6, 6.07) is 7.52. The van der Waals surface area contributed by atoms with Crippen LogP contribution in [0, 0.1) is 13.8 Å². The molecule has 0 radical (unpaired) electrons. The number of aromatic amines is 1. The molecule has 2 heterocycles. The van der Waals surface area contributed by atoms with Crippen LogP contribution < -0.4 is 10.7 Å². The summed E-state index contributed by atoms with van der Waals surface area (Å²) in [5.41, 5.74) is 5.21. The van der Waals surface area contributed by atoms with Gasteiger partial charge in [-0.15, -0.1) is 0 Å². The third-order valence-corrected chi connectivity index (χ3v) is 3.82. The highest BCUT2D eigenvalue weighted by Gasteiger charge is 2.09. The summed E-state index contributed by atoms with van der Waals surface area (Å²) in [5, 5.41) is 3.78. The van der Waals surface area contributed by atoms with Crippen molar-refractivity contribution in [2.24, 2.45) is 0 Å². The molecule has 0 spiro atoms. The molecule has 3 aromatic rings. The number of nitrogens with zero attached hydrogens (tertiary/aromatic N) is 1. The number of aromatic nitrogens is 2. The van der Waals surface area contributed by atoms with Gasteiger partial charge in [0.25, 0.3) is 0 Å². The van der Waals surface area contributed by atoms with Crippen molar-refractivity contribution >= 4 is 16.7 Å². The molecule has 4 nitrogen and oxygen atoms in total. The number of fused-ring (bicyclic) bond motifs is 1. The fraction of sp³-hybridized carbons (Fsp3) is 0.176. The molecular weight excluding hydrogens is 262 g/mol. The Kier molecular flexibility index (Phi) is 3.22. The number of aryl methyl sites for hydroxylation is 2. The maximum absolute atomic E-state index is 11.9. The highest BCUT2D eigenvalue weighted by atomic mass is 16.1. The van der Waals surface area contributed by atoms with Crippen molar-refractivity contribution in [1.29, 1.82) is 0 Å². The minimum absolute atomic E-state index is 0.0400. The lowest BCUT2D eigenvalue weighted by molar-refractivity contribution is 1.24. The molecule has 4 heteroatoms. The summed E-state index contributed by atoms with van der Waals surface area (Å²) in [4.78, 5) is 19.5. The zero-order valence-electron chi connectivity index (χ0n) is 12.3. The monoisotopic (exact) mass is 279 g/mol. The second kappa shape index (κ2) is 5.05. The molecule has 106 valence electrons. The number of pyridine rings is 2. The lowest BCUT2D eigenvalue weighted by atomic mass is 9.98. The van der Waals surface area contributed by atoms with Crippen molar-refractivity contribution in [2.45, 2.75) is 13.8 Å². The zero-order chi connectivity index (χ0) is 15.0. The summed E-state index contributed by atoms with van der Waals surface area (Å²) < 4.78 is 0. The first kappa shape index (κ1) is 13.4. The molecular formula is C17H17N3O. The summed E-state index contributed by atoms with van der Waals surface area (Å²) in [7, 11) is 1.86. The molecule has 3 rings (SSSR count). The van der Waals surface area contributed by atoms with Gasteiger partial charge >= 0.3 is 0 Å². The van der Waals surface area contributed by atoms with E-state index in [-0.39, 0.29) is 5.43 Å². The minimum Gasteiger partial charge on any atom is -0.373 e. The molecule has 0 aliphatic rings. The predicted molar refractivity (Wildman–Crippen MR) is 86.8 cm³/mol. The number of H-pyrrole nitrogens is 1. The topological polar surface area (TPSA) is 57.8 Å². The second-order valence-corrected chi connectivity index (χ2v) is 5.14. The standard InChI is InChI=1S/C17H17N3O/c1-10-8-12(9-20-17(10)18-3)13-4-5-14-15(21)6-7-19-16(14)11(13)2/h4-9H,1-3H3,(H,18,20)(H,19,21). The van der Waals surface area contributed by atoms with Crippen molar-refractivity contribution < 1.29 is 0 Å². The Balaban J connectivity index is 2.24. The van der Waals surface area contributed by atoms with Gasteiger partial charge in [-0.25, -0.2) is 4.98 Å². The Bertz CT molecular complexity index is 881. The van der Waals surface area contributed by atoms with Crippen LogP contribution in [0.5, 0.6) is 0 Å². The normalized spacial score (nSPS) is 10.8. The van der Waals surface area contributed by atoms with Crippen molar-refractivity contribution in [1.82, 2.24) is 9.97 Å². The van der Waals surface area contributed by atoms with Crippen molar-refractivity contribution in [2.75, 3.05) is 12.4 Å². The molecule has 0 aliphatic heterocycles. The van der Waals surface area contributed by atoms with Crippen LogP contribution >= 0.6 is 0 Å². The Morgan fingerprint density at radius 1 is 1.19 bits per heavy atom. The Labute approximate surface area is 122 Å². The summed E-state index contributed by atoms with van der Waals surface area (Å²) >= 11 is 0. The largest absolute Gasteiger partial charge is 0.373 e. The highest BCUT2D eigenvalue weighted by Crippen LogP contribution is 2.28. The fourth-order valence-electron chi connectivity index (χ4n) is 2.69. The third-order valence-electron chi connectivity index (χ3n) is 3.82. The van der Waals surface area contributed by atoms with E-state index in [4.69, 9.17) is 0 Å². The van der Waals surface area contributed by atoms with E-state index in [0.29, 0.717) is 0 Å². The van der Waals surface area contributed by atoms with E-state index in [1.54, 1.807) is 12.3 Å². The van der Waals surface area contributed by atoms with Crippen molar-refractivity contribution in [3.63, 3.8) is 0 Å². The maximum Gasteiger partial charge on any atom is 0.189 e. The molecule has 21 heavy (non-hydrogen) atoms. The Morgan fingerprint density at radius 3 is 2.71 bits per heavy atom. The van der Waals surface area contributed by atoms with Gasteiger partial charge in [0.05, 0.1) is 5.52 Å². The molecule has 0 saturated carbocycles. The molecule has 0 unspecified atom stereocenters. The number of hydrogen-bond acceptors (Lipinski definition) is 3. The van der Waals surface area contributed by atoms with Crippen LogP contribution in [0.2, 0.25) is 0 Å². The van der Waals surface area contributed by atoms with Gasteiger partial charge in [-0.1, -0.05) is 6.07 Å². The maximum atomic E-state index is 11.9. The third kappa shape index (κ3) is 2.18. The van der Waals surface area contributed by atoms with Crippen LogP contribution in [0.25, 0.3) is 22.0 Å². The van der Waals surface area contributed by atoms with Crippen LogP contribution in [0.1, 0.15) is 11.1 Å². The van der Waals surface area contributed by atoms with Crippen LogP contribution in [-0.2, 0) is 0 Å². The van der Waals surface area contributed by atoms with Crippen LogP contribution in [-0.4, -0.2) is 17.0 Å². The lowest BCUT2D eigenvalue weighted by Gasteiger charge is -2.11. The molecule has 0 aliphatic carbocycles. The van der Waals surface area contributed by atoms with Gasteiger partial charge in [0, 0.05) is 36.5 Å². The molecule has 2 N–H and O–H groups in total. The summed E-state index contributed by atoms with van der Waals surface area (Å²) in [6.07, 6.45) is 3.54. The molecule has 0 amide bonds. The zero-order valence-corrected chi connectivity index (χ0v) is 12.3. The molecule has 0 atom stereocenters. The van der Waals surface area contributed by atoms with Crippen molar-refractivity contribution in [3.05, 3.63) is 58.0 Å². The fourth-order valence-corrected chi connectivity index (χ4v) is 2.69. The molecule has 0 saturated heterocycles. The van der Waals surface area contributed by atoms with Crippen LogP contribution in [0.4, 0.5) is 5.82 Å². The molecule has 0 fully saturated rings. The first-order valence-corrected chi connectivity index (χ1v) is 6.87. The molecule has 1 aromatic carbocycles. The number of anilines is 1. The predicted octanol–water partition coefficient (Wildman–Crippen LogP) is 3.25. The van der Waals surface area contributed by atoms with E-state index < -0.39 is 0 Å². The van der Waals surface area contributed by atoms with E-state index >= 15 is 0 Å². The van der Waals surface area contributed by atoms with Crippen LogP contribution in [0.15, 0.2) is 41.5 Å². The van der Waals surface area contributed by atoms with Gasteiger partial charge in [-0.3, -0.25) is 4.79 Å². The van der Waals surface area contributed by atoms with Gasteiger partial charge < -0.3 is 10.3 Å². The summed E-state index contributed by atoms with van der Waals surface area (Å²) in [6.45, 7) is 4.05. The number of rotatable bonds is 2. The average Bonchev–Trinajstić information content (AvgIpc) is 2.48. The number of nitrogens with one attached hydrogen (secondary N) is 2. The Morgan fingerprint density at radius 2 is 2.00 bits per heavy atom. The number of benzene rings is 1. The number of hydrogen-bond donors (Lipinski definition) is 2. The smallest absolute Gasteiger partial charge is 0.189 e. The van der Waals surface area contributed by atoms with Crippen LogP contribution in [0.3, 0.4) is 0 Å². The summed E-state index contributed by atoms with van der Waals surface area (Å²) in [5.74, 6) is 0.880. The van der Waals surface area contributed by atoms with Gasteiger partial charge in [0.15, 0.2) is 5.43 Å². The molecule has 2 aromatic heterocycles. The van der Waals surface area contributed by atoms with Gasteiger partial charge in [-0.2, -0.15) is 0 Å². The quantitative estimate of drug-likeness (QED) is 0.757. The van der Waals surface area contributed by atoms with E-state index in [0.717, 1.165) is 39.0 Å². The first-order chi connectivity index (χ1) is 10.1. The first-order valence-electron chi connectivity index (χ1n) is 6.87. The van der Waals surface area contributed by atoms with Crippen molar-refractivity contribution in [3.8, 4) is 11.1 Å². The second-order valence-electron chi connectivity index (χ2n) is 5.14. The SMILES string of the molecule is CNc1ncc(-c2ccc3c(=O)cc[nH]c3c2C)cc1C. The average molecular weight is 279 g/mol. The Hall–Kier alpha value is -2.62. The van der Waals surface area contributed by atoms with E-state index in [1.165, 1.54) is 0 Å². The molecule has 0 bridgehead atoms. The van der Waals surface area contributed by atoms with Gasteiger partial charge in [0.1, 0.15) is 5.82 Å². The lowest BCUT2D eigenvalue weighted by Crippen LogP contribution is -2.02. The van der Waals surface area contributed by atoms with Gasteiger partial charge in [0.2, 0.25) is 0 Å². The van der Waals surface area contributed by atoms with Gasteiger partial charge in [-0.05, 0) is 42.7 Å². The van der Waals surface area contributed by atoms with E-state index in [9.17, 15) is 4.79 Å².